The van der Waals surface area contributed by atoms with Crippen LogP contribution < -0.4 is 5.32 Å². The minimum absolute atomic E-state index is 0.0158. The molecule has 0 amide bonds. The molecule has 3 aromatic heterocycles. The number of aryl methyl sites for hydroxylation is 1. The van der Waals surface area contributed by atoms with Crippen LogP contribution in [0.25, 0.3) is 5.69 Å². The lowest BCUT2D eigenvalue weighted by molar-refractivity contribution is 0.0842. The largest absolute Gasteiger partial charge is 0.376 e. The minimum Gasteiger partial charge on any atom is -0.376 e. The number of hydrogen-bond acceptors (Lipinski definition) is 4. The Hall–Kier alpha value is -2.77. The van der Waals surface area contributed by atoms with Gasteiger partial charge in [-0.3, -0.25) is 9.97 Å². The number of hydrogen-bond donors (Lipinski definition) is 1. The van der Waals surface area contributed by atoms with E-state index in [9.17, 15) is 0 Å². The monoisotopic (exact) mass is 433 g/mol. The van der Waals surface area contributed by atoms with E-state index in [1.54, 1.807) is 6.20 Å². The third kappa shape index (κ3) is 3.72. The second-order valence-electron chi connectivity index (χ2n) is 8.29. The van der Waals surface area contributed by atoms with Crippen molar-refractivity contribution in [3.8, 4) is 5.69 Å². The standard InChI is InChI=1S/C24H27N5OS/c1-16-13-20(17(2)29(16)18-7-5-10-25-14-18)23-22(21-9-3-4-11-26-21)27-24(31)28(23)15-19-8-6-12-30-19/h3-5,7,9-11,13-14,19,22-23H,6,8,12,15H2,1-2H3,(H,27,31)/t19-,22-,23-/m1/s1. The molecule has 3 aromatic rings. The molecular weight excluding hydrogens is 406 g/mol. The van der Waals surface area contributed by atoms with Crippen molar-refractivity contribution in [2.24, 2.45) is 0 Å². The number of rotatable bonds is 5. The molecule has 5 rings (SSSR count). The number of thiocarbonyl (C=S) groups is 1. The van der Waals surface area contributed by atoms with Crippen molar-refractivity contribution in [1.82, 2.24) is 24.8 Å². The van der Waals surface area contributed by atoms with E-state index in [2.05, 4.69) is 56.8 Å². The van der Waals surface area contributed by atoms with E-state index < -0.39 is 0 Å². The molecule has 31 heavy (non-hydrogen) atoms. The second kappa shape index (κ2) is 8.40. The van der Waals surface area contributed by atoms with Gasteiger partial charge in [0.25, 0.3) is 0 Å². The maximum atomic E-state index is 5.96. The van der Waals surface area contributed by atoms with Crippen molar-refractivity contribution < 1.29 is 4.74 Å². The van der Waals surface area contributed by atoms with Crippen molar-refractivity contribution in [3.63, 3.8) is 0 Å². The molecule has 0 radical (unpaired) electrons. The number of aromatic nitrogens is 3. The molecule has 0 bridgehead atoms. The third-order valence-electron chi connectivity index (χ3n) is 6.32. The first kappa shape index (κ1) is 20.2. The topological polar surface area (TPSA) is 55.2 Å². The summed E-state index contributed by atoms with van der Waals surface area (Å²) in [6, 6.07) is 12.4. The Morgan fingerprint density at radius 1 is 1.19 bits per heavy atom. The zero-order valence-corrected chi connectivity index (χ0v) is 18.7. The fourth-order valence-electron chi connectivity index (χ4n) is 4.92. The lowest BCUT2D eigenvalue weighted by atomic mass is 9.96. The van der Waals surface area contributed by atoms with E-state index in [0.29, 0.717) is 0 Å². The van der Waals surface area contributed by atoms with Gasteiger partial charge in [0, 0.05) is 36.9 Å². The molecule has 0 aliphatic carbocycles. The van der Waals surface area contributed by atoms with E-state index in [1.165, 1.54) is 17.0 Å². The molecule has 7 heteroatoms. The highest BCUT2D eigenvalue weighted by molar-refractivity contribution is 7.80. The average Bonchev–Trinajstić information content (AvgIpc) is 3.49. The molecule has 6 nitrogen and oxygen atoms in total. The van der Waals surface area contributed by atoms with Crippen molar-refractivity contribution in [1.29, 1.82) is 0 Å². The maximum absolute atomic E-state index is 5.96. The van der Waals surface area contributed by atoms with Gasteiger partial charge < -0.3 is 19.5 Å². The molecule has 160 valence electrons. The number of nitrogens with zero attached hydrogens (tertiary/aromatic N) is 4. The summed E-state index contributed by atoms with van der Waals surface area (Å²) in [7, 11) is 0. The lowest BCUT2D eigenvalue weighted by Gasteiger charge is -2.30. The van der Waals surface area contributed by atoms with Crippen LogP contribution in [0.5, 0.6) is 0 Å². The fraction of sp³-hybridized carbons (Fsp3) is 0.375. The van der Waals surface area contributed by atoms with Gasteiger partial charge in [-0.05, 0) is 74.8 Å². The molecule has 0 unspecified atom stereocenters. The summed E-state index contributed by atoms with van der Waals surface area (Å²) in [5.74, 6) is 0. The fourth-order valence-corrected chi connectivity index (χ4v) is 5.23. The third-order valence-corrected chi connectivity index (χ3v) is 6.67. The van der Waals surface area contributed by atoms with Gasteiger partial charge in [0.05, 0.1) is 35.8 Å². The molecule has 2 saturated heterocycles. The molecule has 0 spiro atoms. The molecule has 2 aliphatic rings. The van der Waals surface area contributed by atoms with Gasteiger partial charge in [-0.25, -0.2) is 0 Å². The SMILES string of the molecule is Cc1cc([C@@H]2[C@@H](c3ccccn3)NC(=S)N2C[C@H]2CCCO2)c(C)n1-c1cccnc1. The predicted octanol–water partition coefficient (Wildman–Crippen LogP) is 4.04. The van der Waals surface area contributed by atoms with Crippen LogP contribution in [0, 0.1) is 13.8 Å². The van der Waals surface area contributed by atoms with Crippen molar-refractivity contribution in [3.05, 3.63) is 77.6 Å². The Morgan fingerprint density at radius 3 is 2.81 bits per heavy atom. The molecule has 3 atom stereocenters. The molecule has 1 N–H and O–H groups in total. The van der Waals surface area contributed by atoms with Crippen LogP contribution in [0.4, 0.5) is 0 Å². The number of nitrogens with one attached hydrogen (secondary N) is 1. The van der Waals surface area contributed by atoms with Crippen molar-refractivity contribution in [2.45, 2.75) is 44.9 Å². The van der Waals surface area contributed by atoms with Crippen LogP contribution in [-0.2, 0) is 4.74 Å². The Balaban J connectivity index is 1.59. The average molecular weight is 434 g/mol. The highest BCUT2D eigenvalue weighted by atomic mass is 32.1. The molecule has 5 heterocycles. The van der Waals surface area contributed by atoms with Crippen LogP contribution >= 0.6 is 12.2 Å². The van der Waals surface area contributed by atoms with Crippen LogP contribution in [0.2, 0.25) is 0 Å². The van der Waals surface area contributed by atoms with Crippen LogP contribution in [0.1, 0.15) is 47.6 Å². The van der Waals surface area contributed by atoms with Gasteiger partial charge >= 0.3 is 0 Å². The molecule has 0 saturated carbocycles. The second-order valence-corrected chi connectivity index (χ2v) is 8.67. The van der Waals surface area contributed by atoms with Gasteiger partial charge in [-0.15, -0.1) is 0 Å². The van der Waals surface area contributed by atoms with Crippen LogP contribution in [0.3, 0.4) is 0 Å². The van der Waals surface area contributed by atoms with Gasteiger partial charge in [0.15, 0.2) is 5.11 Å². The first-order valence-electron chi connectivity index (χ1n) is 10.8. The van der Waals surface area contributed by atoms with Gasteiger partial charge in [0.1, 0.15) is 0 Å². The van der Waals surface area contributed by atoms with Crippen LogP contribution in [0.15, 0.2) is 55.0 Å². The zero-order chi connectivity index (χ0) is 21.4. The van der Waals surface area contributed by atoms with E-state index in [0.717, 1.165) is 42.5 Å². The summed E-state index contributed by atoms with van der Waals surface area (Å²) in [5, 5.41) is 4.32. The number of ether oxygens (including phenoxy) is 1. The first-order chi connectivity index (χ1) is 15.1. The number of pyridine rings is 2. The Kier molecular flexibility index (Phi) is 5.46. The Labute approximate surface area is 188 Å². The van der Waals surface area contributed by atoms with E-state index >= 15 is 0 Å². The highest BCUT2D eigenvalue weighted by Gasteiger charge is 2.42. The molecule has 2 aliphatic heterocycles. The highest BCUT2D eigenvalue weighted by Crippen LogP contribution is 2.41. The Bertz CT molecular complexity index is 1060. The van der Waals surface area contributed by atoms with Gasteiger partial charge in [-0.2, -0.15) is 0 Å². The minimum atomic E-state index is -0.0158. The predicted molar refractivity (Wildman–Crippen MR) is 124 cm³/mol. The molecular formula is C24H27N5OS. The van der Waals surface area contributed by atoms with E-state index in [-0.39, 0.29) is 18.2 Å². The van der Waals surface area contributed by atoms with Crippen molar-refractivity contribution >= 4 is 17.3 Å². The van der Waals surface area contributed by atoms with Crippen molar-refractivity contribution in [2.75, 3.05) is 13.2 Å². The first-order valence-corrected chi connectivity index (χ1v) is 11.2. The normalized spacial score (nSPS) is 23.4. The quantitative estimate of drug-likeness (QED) is 0.613. The lowest BCUT2D eigenvalue weighted by Crippen LogP contribution is -2.36. The molecule has 2 fully saturated rings. The zero-order valence-electron chi connectivity index (χ0n) is 17.9. The summed E-state index contributed by atoms with van der Waals surface area (Å²) >= 11 is 5.82. The Morgan fingerprint density at radius 2 is 2.10 bits per heavy atom. The maximum Gasteiger partial charge on any atom is 0.170 e. The van der Waals surface area contributed by atoms with E-state index in [4.69, 9.17) is 17.0 Å². The summed E-state index contributed by atoms with van der Waals surface area (Å²) in [6.45, 7) is 5.94. The summed E-state index contributed by atoms with van der Waals surface area (Å²) in [4.78, 5) is 11.3. The smallest absolute Gasteiger partial charge is 0.170 e. The summed E-state index contributed by atoms with van der Waals surface area (Å²) < 4.78 is 8.23. The van der Waals surface area contributed by atoms with E-state index in [1.807, 2.05) is 30.6 Å². The van der Waals surface area contributed by atoms with Gasteiger partial charge in [-0.1, -0.05) is 6.07 Å². The molecule has 0 aromatic carbocycles. The summed E-state index contributed by atoms with van der Waals surface area (Å²) in [5.41, 5.74) is 5.69. The van der Waals surface area contributed by atoms with Crippen LogP contribution in [-0.4, -0.2) is 43.8 Å². The summed E-state index contributed by atoms with van der Waals surface area (Å²) in [6.07, 6.45) is 7.96. The van der Waals surface area contributed by atoms with Gasteiger partial charge in [0.2, 0.25) is 0 Å².